The lowest BCUT2D eigenvalue weighted by molar-refractivity contribution is 0.448. The van der Waals surface area contributed by atoms with E-state index in [0.29, 0.717) is 17.6 Å². The highest BCUT2D eigenvalue weighted by molar-refractivity contribution is 5.96. The molecular weight excluding hydrogens is 400 g/mol. The van der Waals surface area contributed by atoms with E-state index >= 15 is 0 Å². The molecule has 0 radical (unpaired) electrons. The molecule has 0 spiro atoms. The Kier molecular flexibility index (Phi) is 4.32. The average Bonchev–Trinajstić information content (AvgIpc) is 3.39. The van der Waals surface area contributed by atoms with E-state index < -0.39 is 0 Å². The smallest absolute Gasteiger partial charge is 0.151 e. The molecule has 1 aliphatic heterocycles. The number of hydrogen-bond donors (Lipinski definition) is 3. The molecule has 8 heteroatoms. The van der Waals surface area contributed by atoms with Crippen LogP contribution in [0.4, 0.5) is 11.6 Å². The summed E-state index contributed by atoms with van der Waals surface area (Å²) in [5.41, 5.74) is 18.6. The summed E-state index contributed by atoms with van der Waals surface area (Å²) in [5, 5.41) is 13.7. The minimum Gasteiger partial charge on any atom is -0.383 e. The zero-order chi connectivity index (χ0) is 21.7. The molecule has 0 aliphatic carbocycles. The SMILES string of the molecule is Nc1ncnn2c(C3CCNCC3)cc(-c3ccc4c(N)n(-c5ccccc5)nc4c3)c12. The third-order valence-corrected chi connectivity index (χ3v) is 6.39. The molecule has 1 fully saturated rings. The average molecular weight is 425 g/mol. The lowest BCUT2D eigenvalue weighted by atomic mass is 9.94. The van der Waals surface area contributed by atoms with Crippen LogP contribution in [0.2, 0.25) is 0 Å². The third-order valence-electron chi connectivity index (χ3n) is 6.39. The van der Waals surface area contributed by atoms with E-state index in [2.05, 4.69) is 33.6 Å². The maximum absolute atomic E-state index is 6.43. The summed E-state index contributed by atoms with van der Waals surface area (Å²) in [6, 6.07) is 18.3. The van der Waals surface area contributed by atoms with Crippen LogP contribution in [-0.4, -0.2) is 37.5 Å². The van der Waals surface area contributed by atoms with E-state index in [1.54, 1.807) is 4.68 Å². The first kappa shape index (κ1) is 18.8. The van der Waals surface area contributed by atoms with Gasteiger partial charge >= 0.3 is 0 Å². The lowest BCUT2D eigenvalue weighted by Gasteiger charge is -2.22. The van der Waals surface area contributed by atoms with E-state index in [-0.39, 0.29) is 0 Å². The molecule has 3 aromatic heterocycles. The second-order valence-electron chi connectivity index (χ2n) is 8.28. The topological polar surface area (TPSA) is 112 Å². The van der Waals surface area contributed by atoms with Crippen LogP contribution in [0.5, 0.6) is 0 Å². The standard InChI is InChI=1S/C24H24N8/c25-23-22-19(13-21(32(22)29-14-28-23)15-8-10-27-11-9-15)16-6-7-18-20(12-16)30-31(24(18)26)17-4-2-1-3-5-17/h1-7,12-15,27H,8-11,26H2,(H2,25,28,29). The Morgan fingerprint density at radius 2 is 1.78 bits per heavy atom. The van der Waals surface area contributed by atoms with Crippen molar-refractivity contribution in [3.05, 3.63) is 66.6 Å². The van der Waals surface area contributed by atoms with Gasteiger partial charge in [-0.2, -0.15) is 10.2 Å². The van der Waals surface area contributed by atoms with Crippen molar-refractivity contribution in [2.45, 2.75) is 18.8 Å². The third kappa shape index (κ3) is 2.91. The van der Waals surface area contributed by atoms with Gasteiger partial charge in [0.05, 0.1) is 11.2 Å². The molecule has 32 heavy (non-hydrogen) atoms. The van der Waals surface area contributed by atoms with Crippen molar-refractivity contribution >= 4 is 28.1 Å². The highest BCUT2D eigenvalue weighted by Crippen LogP contribution is 2.37. The summed E-state index contributed by atoms with van der Waals surface area (Å²) in [6.45, 7) is 2.02. The van der Waals surface area contributed by atoms with Crippen LogP contribution in [0.1, 0.15) is 24.5 Å². The summed E-state index contributed by atoms with van der Waals surface area (Å²) in [5.74, 6) is 1.53. The molecule has 0 amide bonds. The molecule has 1 saturated heterocycles. The summed E-state index contributed by atoms with van der Waals surface area (Å²) in [4.78, 5) is 4.27. The quantitative estimate of drug-likeness (QED) is 0.409. The number of aromatic nitrogens is 5. The van der Waals surface area contributed by atoms with Gasteiger partial charge in [0.15, 0.2) is 5.82 Å². The van der Waals surface area contributed by atoms with Gasteiger partial charge in [0.2, 0.25) is 0 Å². The predicted molar refractivity (Wildman–Crippen MR) is 127 cm³/mol. The second kappa shape index (κ2) is 7.35. The number of nitrogens with one attached hydrogen (secondary N) is 1. The lowest BCUT2D eigenvalue weighted by Crippen LogP contribution is -2.27. The molecule has 4 heterocycles. The van der Waals surface area contributed by atoms with Gasteiger partial charge in [0.1, 0.15) is 17.7 Å². The molecule has 0 atom stereocenters. The number of piperidine rings is 1. The molecule has 5 aromatic rings. The Labute approximate surface area is 184 Å². The van der Waals surface area contributed by atoms with Gasteiger partial charge < -0.3 is 16.8 Å². The number of para-hydroxylation sites is 1. The van der Waals surface area contributed by atoms with Crippen LogP contribution in [0.15, 0.2) is 60.9 Å². The molecule has 1 aliphatic rings. The van der Waals surface area contributed by atoms with Crippen LogP contribution in [0.3, 0.4) is 0 Å². The number of rotatable bonds is 3. The first-order valence-electron chi connectivity index (χ1n) is 10.9. The minimum absolute atomic E-state index is 0.434. The van der Waals surface area contributed by atoms with Crippen LogP contribution < -0.4 is 16.8 Å². The summed E-state index contributed by atoms with van der Waals surface area (Å²) >= 11 is 0. The van der Waals surface area contributed by atoms with Crippen molar-refractivity contribution in [2.75, 3.05) is 24.6 Å². The van der Waals surface area contributed by atoms with Gasteiger partial charge in [0.25, 0.3) is 0 Å². The van der Waals surface area contributed by atoms with Crippen molar-refractivity contribution in [3.8, 4) is 16.8 Å². The molecule has 2 aromatic carbocycles. The Balaban J connectivity index is 1.52. The normalized spacial score (nSPS) is 15.0. The largest absolute Gasteiger partial charge is 0.383 e. The zero-order valence-corrected chi connectivity index (χ0v) is 17.6. The van der Waals surface area contributed by atoms with Crippen molar-refractivity contribution in [2.24, 2.45) is 0 Å². The van der Waals surface area contributed by atoms with Gasteiger partial charge in [-0.3, -0.25) is 0 Å². The first-order chi connectivity index (χ1) is 15.7. The van der Waals surface area contributed by atoms with E-state index in [4.69, 9.17) is 16.6 Å². The molecular formula is C24H24N8. The van der Waals surface area contributed by atoms with Crippen LogP contribution in [0, 0.1) is 0 Å². The summed E-state index contributed by atoms with van der Waals surface area (Å²) in [6.07, 6.45) is 3.68. The summed E-state index contributed by atoms with van der Waals surface area (Å²) < 4.78 is 3.75. The Hall–Kier alpha value is -3.91. The van der Waals surface area contributed by atoms with Crippen LogP contribution in [0.25, 0.3) is 33.2 Å². The first-order valence-corrected chi connectivity index (χ1v) is 10.9. The number of fused-ring (bicyclic) bond motifs is 2. The number of anilines is 2. The van der Waals surface area contributed by atoms with Crippen molar-refractivity contribution in [3.63, 3.8) is 0 Å². The van der Waals surface area contributed by atoms with Crippen LogP contribution >= 0.6 is 0 Å². The predicted octanol–water partition coefficient (Wildman–Crippen LogP) is 3.37. The maximum atomic E-state index is 6.43. The van der Waals surface area contributed by atoms with Gasteiger partial charge in [0, 0.05) is 22.6 Å². The zero-order valence-electron chi connectivity index (χ0n) is 17.6. The fourth-order valence-corrected chi connectivity index (χ4v) is 4.76. The fourth-order valence-electron chi connectivity index (χ4n) is 4.76. The molecule has 0 unspecified atom stereocenters. The molecule has 0 bridgehead atoms. The van der Waals surface area contributed by atoms with E-state index in [1.165, 1.54) is 12.0 Å². The van der Waals surface area contributed by atoms with E-state index in [9.17, 15) is 0 Å². The van der Waals surface area contributed by atoms with Gasteiger partial charge in [-0.1, -0.05) is 24.3 Å². The number of nitrogens with zero attached hydrogens (tertiary/aromatic N) is 5. The minimum atomic E-state index is 0.434. The second-order valence-corrected chi connectivity index (χ2v) is 8.28. The van der Waals surface area contributed by atoms with Gasteiger partial charge in [-0.15, -0.1) is 0 Å². The van der Waals surface area contributed by atoms with E-state index in [1.807, 2.05) is 40.9 Å². The Morgan fingerprint density at radius 1 is 0.969 bits per heavy atom. The van der Waals surface area contributed by atoms with Gasteiger partial charge in [-0.05, 0) is 61.8 Å². The number of hydrogen-bond acceptors (Lipinski definition) is 6. The van der Waals surface area contributed by atoms with Crippen molar-refractivity contribution < 1.29 is 0 Å². The monoisotopic (exact) mass is 424 g/mol. The molecule has 5 N–H and O–H groups in total. The molecule has 8 nitrogen and oxygen atoms in total. The number of nitrogen functional groups attached to an aromatic ring is 2. The number of nitrogens with two attached hydrogens (primary N) is 2. The van der Waals surface area contributed by atoms with Crippen LogP contribution in [-0.2, 0) is 0 Å². The summed E-state index contributed by atoms with van der Waals surface area (Å²) in [7, 11) is 0. The number of benzene rings is 2. The maximum Gasteiger partial charge on any atom is 0.151 e. The highest BCUT2D eigenvalue weighted by Gasteiger charge is 2.23. The Morgan fingerprint density at radius 3 is 2.59 bits per heavy atom. The molecule has 6 rings (SSSR count). The van der Waals surface area contributed by atoms with Crippen molar-refractivity contribution in [1.29, 1.82) is 0 Å². The van der Waals surface area contributed by atoms with Crippen molar-refractivity contribution in [1.82, 2.24) is 29.7 Å². The van der Waals surface area contributed by atoms with Gasteiger partial charge in [-0.25, -0.2) is 14.2 Å². The fraction of sp³-hybridized carbons (Fsp3) is 0.208. The molecule has 160 valence electrons. The highest BCUT2D eigenvalue weighted by atomic mass is 15.3. The Bertz CT molecular complexity index is 1430. The van der Waals surface area contributed by atoms with E-state index in [0.717, 1.165) is 59.2 Å². The molecule has 0 saturated carbocycles.